The largest absolute Gasteiger partial charge is 0.497 e. The van der Waals surface area contributed by atoms with Crippen molar-refractivity contribution in [2.75, 3.05) is 31.7 Å². The highest BCUT2D eigenvalue weighted by atomic mass is 32.2. The molecular weight excluding hydrogens is 622 g/mol. The van der Waals surface area contributed by atoms with E-state index < -0.39 is 38.0 Å². The summed E-state index contributed by atoms with van der Waals surface area (Å²) in [7, 11) is -1.97. The molecule has 0 radical (unpaired) electrons. The summed E-state index contributed by atoms with van der Waals surface area (Å²) in [5.41, 5.74) is 2.09. The van der Waals surface area contributed by atoms with Crippen LogP contribution in [0.15, 0.2) is 99.5 Å². The lowest BCUT2D eigenvalue weighted by atomic mass is 10.2. The molecule has 0 aliphatic carbocycles. The molecule has 15 nitrogen and oxygen atoms in total. The third kappa shape index (κ3) is 8.38. The van der Waals surface area contributed by atoms with Crippen LogP contribution in [0.1, 0.15) is 11.3 Å². The molecule has 4 rings (SSSR count). The second-order valence-corrected chi connectivity index (χ2v) is 11.1. The zero-order valence-electron chi connectivity index (χ0n) is 24.6. The zero-order chi connectivity index (χ0) is 33.1. The summed E-state index contributed by atoms with van der Waals surface area (Å²) in [6.07, 6.45) is 2.82. The van der Waals surface area contributed by atoms with Crippen molar-refractivity contribution in [3.63, 3.8) is 0 Å². The van der Waals surface area contributed by atoms with Crippen molar-refractivity contribution >= 4 is 39.4 Å². The fourth-order valence-corrected chi connectivity index (χ4v) is 5.62. The van der Waals surface area contributed by atoms with Crippen LogP contribution < -0.4 is 29.3 Å². The Bertz CT molecular complexity index is 1810. The van der Waals surface area contributed by atoms with E-state index >= 15 is 0 Å². The molecule has 1 heterocycles. The zero-order valence-corrected chi connectivity index (χ0v) is 25.4. The lowest BCUT2D eigenvalue weighted by molar-refractivity contribution is -0.387. The highest BCUT2D eigenvalue weighted by molar-refractivity contribution is 7.93. The second kappa shape index (κ2) is 15.2. The van der Waals surface area contributed by atoms with E-state index in [1.807, 2.05) is 0 Å². The predicted octanol–water partition coefficient (Wildman–Crippen LogP) is 3.25. The maximum Gasteiger partial charge on any atom is 0.289 e. The summed E-state index contributed by atoms with van der Waals surface area (Å²) in [5, 5.41) is 18.2. The van der Waals surface area contributed by atoms with Gasteiger partial charge in [-0.2, -0.15) is 5.10 Å². The molecule has 4 aromatic rings. The molecule has 0 atom stereocenters. The second-order valence-electron chi connectivity index (χ2n) is 9.28. The summed E-state index contributed by atoms with van der Waals surface area (Å²) in [6.45, 7) is -0.780. The Morgan fingerprint density at radius 1 is 0.978 bits per heavy atom. The van der Waals surface area contributed by atoms with Gasteiger partial charge >= 0.3 is 0 Å². The first-order valence-electron chi connectivity index (χ1n) is 13.4. The van der Waals surface area contributed by atoms with Gasteiger partial charge in [0.15, 0.2) is 11.5 Å². The number of ether oxygens (including phenoxy) is 3. The van der Waals surface area contributed by atoms with Crippen LogP contribution in [0.3, 0.4) is 0 Å². The van der Waals surface area contributed by atoms with Crippen LogP contribution in [0.4, 0.5) is 11.4 Å². The van der Waals surface area contributed by atoms with Crippen LogP contribution in [0, 0.1) is 10.1 Å². The minimum Gasteiger partial charge on any atom is -0.497 e. The third-order valence-corrected chi connectivity index (χ3v) is 8.07. The standard InChI is InChI=1S/C30H29N5O10S/c1-42-23-13-14-25(27(16-23)43-2)34(46(40,41)28-8-4-3-7-26(28)35(38)39)19-29(36)33-32-17-21-9-11-22(12-10-21)45-20-30(37)31-18-24-6-5-15-44-24/h3-17H,18-20H2,1-2H3,(H,31,37)(H,33,36)/b32-17-. The number of nitrogens with one attached hydrogen (secondary N) is 2. The molecule has 0 unspecified atom stereocenters. The SMILES string of the molecule is COc1ccc(N(CC(=O)N/N=C\c2ccc(OCC(=O)NCc3ccco3)cc2)S(=O)(=O)c2ccccc2[N+](=O)[O-])c(OC)c1. The molecule has 0 aliphatic rings. The van der Waals surface area contributed by atoms with Gasteiger partial charge < -0.3 is 23.9 Å². The fraction of sp³-hybridized carbons (Fsp3) is 0.167. The van der Waals surface area contributed by atoms with Crippen molar-refractivity contribution in [1.82, 2.24) is 10.7 Å². The van der Waals surface area contributed by atoms with Gasteiger partial charge in [-0.05, 0) is 60.2 Å². The number of hydrazone groups is 1. The van der Waals surface area contributed by atoms with E-state index in [-0.39, 0.29) is 30.5 Å². The smallest absolute Gasteiger partial charge is 0.289 e. The molecule has 0 fully saturated rings. The fourth-order valence-electron chi connectivity index (χ4n) is 4.03. The first kappa shape index (κ1) is 33.0. The number of rotatable bonds is 15. The molecule has 2 N–H and O–H groups in total. The van der Waals surface area contributed by atoms with Gasteiger partial charge in [-0.25, -0.2) is 13.8 Å². The molecule has 2 amide bonds. The van der Waals surface area contributed by atoms with Gasteiger partial charge in [-0.3, -0.25) is 24.0 Å². The summed E-state index contributed by atoms with van der Waals surface area (Å²) in [6, 6.07) is 18.9. The summed E-state index contributed by atoms with van der Waals surface area (Å²) in [5.74, 6) is 0.224. The van der Waals surface area contributed by atoms with Gasteiger partial charge in [0.2, 0.25) is 0 Å². The van der Waals surface area contributed by atoms with Crippen molar-refractivity contribution in [2.24, 2.45) is 5.10 Å². The minimum absolute atomic E-state index is 0.0372. The Kier molecular flexibility index (Phi) is 10.9. The predicted molar refractivity (Wildman–Crippen MR) is 165 cm³/mol. The Labute approximate surface area is 263 Å². The highest BCUT2D eigenvalue weighted by Crippen LogP contribution is 2.37. The van der Waals surface area contributed by atoms with Gasteiger partial charge in [-0.1, -0.05) is 12.1 Å². The van der Waals surface area contributed by atoms with Crippen molar-refractivity contribution in [1.29, 1.82) is 0 Å². The number of nitrogens with zero attached hydrogens (tertiary/aromatic N) is 3. The first-order valence-corrected chi connectivity index (χ1v) is 14.9. The van der Waals surface area contributed by atoms with Crippen molar-refractivity contribution in [2.45, 2.75) is 11.4 Å². The van der Waals surface area contributed by atoms with Crippen LogP contribution in [0.5, 0.6) is 17.2 Å². The Hall–Kier alpha value is -5.90. The average Bonchev–Trinajstić information content (AvgIpc) is 3.59. The Morgan fingerprint density at radius 3 is 2.39 bits per heavy atom. The van der Waals surface area contributed by atoms with E-state index in [9.17, 15) is 28.1 Å². The van der Waals surface area contributed by atoms with Crippen LogP contribution >= 0.6 is 0 Å². The third-order valence-electron chi connectivity index (χ3n) is 6.27. The topological polar surface area (TPSA) is 192 Å². The highest BCUT2D eigenvalue weighted by Gasteiger charge is 2.34. The van der Waals surface area contributed by atoms with Crippen molar-refractivity contribution in [3.05, 3.63) is 107 Å². The lowest BCUT2D eigenvalue weighted by Crippen LogP contribution is -2.40. The van der Waals surface area contributed by atoms with E-state index in [2.05, 4.69) is 15.8 Å². The molecule has 0 aliphatic heterocycles. The molecule has 0 saturated heterocycles. The summed E-state index contributed by atoms with van der Waals surface area (Å²) in [4.78, 5) is 35.2. The quantitative estimate of drug-likeness (QED) is 0.110. The number of amides is 2. The number of anilines is 1. The molecule has 0 saturated carbocycles. The minimum atomic E-state index is -4.67. The molecule has 0 bridgehead atoms. The molecule has 3 aromatic carbocycles. The average molecular weight is 652 g/mol. The molecular formula is C30H29N5O10S. The van der Waals surface area contributed by atoms with Crippen LogP contribution in [0.2, 0.25) is 0 Å². The number of carbonyl (C=O) groups is 2. The lowest BCUT2D eigenvalue weighted by Gasteiger charge is -2.25. The van der Waals surface area contributed by atoms with Gasteiger partial charge in [0.1, 0.15) is 29.6 Å². The van der Waals surface area contributed by atoms with E-state index in [0.717, 1.165) is 12.1 Å². The van der Waals surface area contributed by atoms with E-state index in [1.165, 1.54) is 57.0 Å². The number of carbonyl (C=O) groups excluding carboxylic acids is 2. The summed E-state index contributed by atoms with van der Waals surface area (Å²) < 4.78 is 49.4. The number of hydrogen-bond acceptors (Lipinski definition) is 11. The van der Waals surface area contributed by atoms with Gasteiger partial charge in [0.05, 0.1) is 43.9 Å². The monoisotopic (exact) mass is 651 g/mol. The van der Waals surface area contributed by atoms with Crippen molar-refractivity contribution < 1.29 is 41.6 Å². The molecule has 1 aromatic heterocycles. The molecule has 0 spiro atoms. The number of nitro benzene ring substituents is 1. The Balaban J connectivity index is 1.44. The van der Waals surface area contributed by atoms with E-state index in [4.69, 9.17) is 18.6 Å². The van der Waals surface area contributed by atoms with Gasteiger partial charge in [0.25, 0.3) is 27.5 Å². The Morgan fingerprint density at radius 2 is 1.72 bits per heavy atom. The van der Waals surface area contributed by atoms with E-state index in [1.54, 1.807) is 36.4 Å². The van der Waals surface area contributed by atoms with Crippen LogP contribution in [-0.2, 0) is 26.2 Å². The number of benzene rings is 3. The summed E-state index contributed by atoms with van der Waals surface area (Å²) >= 11 is 0. The van der Waals surface area contributed by atoms with Crippen molar-refractivity contribution in [3.8, 4) is 17.2 Å². The van der Waals surface area contributed by atoms with Crippen LogP contribution in [0.25, 0.3) is 0 Å². The van der Waals surface area contributed by atoms with E-state index in [0.29, 0.717) is 27.1 Å². The first-order chi connectivity index (χ1) is 22.1. The number of hydrogen-bond donors (Lipinski definition) is 2. The number of furan rings is 1. The molecule has 46 heavy (non-hydrogen) atoms. The van der Waals surface area contributed by atoms with Gasteiger partial charge in [0, 0.05) is 12.1 Å². The number of para-hydroxylation sites is 1. The van der Waals surface area contributed by atoms with Gasteiger partial charge in [-0.15, -0.1) is 0 Å². The normalized spacial score (nSPS) is 11.1. The number of methoxy groups -OCH3 is 2. The maximum atomic E-state index is 13.8. The van der Waals surface area contributed by atoms with Crippen LogP contribution in [-0.4, -0.2) is 58.7 Å². The number of nitro groups is 1. The maximum absolute atomic E-state index is 13.8. The molecule has 16 heteroatoms. The number of sulfonamides is 1. The molecule has 240 valence electrons.